The van der Waals surface area contributed by atoms with E-state index in [0.717, 1.165) is 10.6 Å². The molecule has 7 nitrogen and oxygen atoms in total. The summed E-state index contributed by atoms with van der Waals surface area (Å²) >= 11 is 1.55. The summed E-state index contributed by atoms with van der Waals surface area (Å²) in [5, 5.41) is 2.85. The summed E-state index contributed by atoms with van der Waals surface area (Å²) in [4.78, 5) is 27.3. The Bertz CT molecular complexity index is 847. The summed E-state index contributed by atoms with van der Waals surface area (Å²) in [6, 6.07) is 11.0. The van der Waals surface area contributed by atoms with Gasteiger partial charge in [0.05, 0.1) is 40.0 Å². The number of rotatable bonds is 9. The van der Waals surface area contributed by atoms with Crippen LogP contribution in [-0.4, -0.2) is 57.9 Å². The van der Waals surface area contributed by atoms with Crippen molar-refractivity contribution in [2.24, 2.45) is 0 Å². The molecule has 0 unspecified atom stereocenters. The van der Waals surface area contributed by atoms with E-state index in [2.05, 4.69) is 5.32 Å². The molecule has 0 aliphatic rings. The average Bonchev–Trinajstić information content (AvgIpc) is 2.73. The molecule has 8 heteroatoms. The molecular formula is C21H26N2O5S. The normalized spacial score (nSPS) is 10.2. The molecule has 0 spiro atoms. The highest BCUT2D eigenvalue weighted by atomic mass is 32.2. The third kappa shape index (κ3) is 5.80. The van der Waals surface area contributed by atoms with Crippen LogP contribution < -0.4 is 19.5 Å². The van der Waals surface area contributed by atoms with Crippen LogP contribution in [0.4, 0.5) is 5.69 Å². The van der Waals surface area contributed by atoms with Crippen LogP contribution in [-0.2, 0) is 16.0 Å². The average molecular weight is 419 g/mol. The number of anilines is 1. The standard InChI is InChI=1S/C21H26N2O5S/c1-23(13-19(24)22-15-8-6-7-9-18(15)29-5)20(25)12-14-10-16(26-2)21(28-4)17(11-14)27-3/h6-11H,12-13H2,1-5H3,(H,22,24). The van der Waals surface area contributed by atoms with Gasteiger partial charge in [-0.25, -0.2) is 0 Å². The van der Waals surface area contributed by atoms with Crippen LogP contribution in [0.5, 0.6) is 17.2 Å². The van der Waals surface area contributed by atoms with Crippen LogP contribution in [0.15, 0.2) is 41.3 Å². The maximum atomic E-state index is 12.6. The molecule has 0 aromatic heterocycles. The highest BCUT2D eigenvalue weighted by molar-refractivity contribution is 7.98. The molecule has 1 N–H and O–H groups in total. The summed E-state index contributed by atoms with van der Waals surface area (Å²) in [5.74, 6) is 0.957. The number of methoxy groups -OCH3 is 3. The van der Waals surface area contributed by atoms with Crippen LogP contribution in [0.3, 0.4) is 0 Å². The van der Waals surface area contributed by atoms with Crippen LogP contribution in [0, 0.1) is 0 Å². The number of nitrogens with one attached hydrogen (secondary N) is 1. The lowest BCUT2D eigenvalue weighted by Gasteiger charge is -2.19. The molecule has 0 radical (unpaired) electrons. The molecular weight excluding hydrogens is 392 g/mol. The van der Waals surface area contributed by atoms with E-state index in [1.165, 1.54) is 26.2 Å². The van der Waals surface area contributed by atoms with Gasteiger partial charge in [-0.15, -0.1) is 11.8 Å². The molecule has 0 heterocycles. The van der Waals surface area contributed by atoms with Gasteiger partial charge in [-0.05, 0) is 36.1 Å². The third-order valence-corrected chi connectivity index (χ3v) is 5.06. The van der Waals surface area contributed by atoms with Crippen molar-refractivity contribution < 1.29 is 23.8 Å². The van der Waals surface area contributed by atoms with Crippen molar-refractivity contribution in [2.45, 2.75) is 11.3 Å². The quantitative estimate of drug-likeness (QED) is 0.631. The molecule has 2 amide bonds. The zero-order valence-corrected chi connectivity index (χ0v) is 18.1. The van der Waals surface area contributed by atoms with E-state index in [1.807, 2.05) is 30.5 Å². The predicted molar refractivity (Wildman–Crippen MR) is 114 cm³/mol. The Labute approximate surface area is 175 Å². The van der Waals surface area contributed by atoms with Crippen LogP contribution in [0.25, 0.3) is 0 Å². The maximum Gasteiger partial charge on any atom is 0.244 e. The van der Waals surface area contributed by atoms with Crippen LogP contribution in [0.2, 0.25) is 0 Å². The summed E-state index contributed by atoms with van der Waals surface area (Å²) in [5.41, 5.74) is 1.43. The molecule has 2 rings (SSSR count). The van der Waals surface area contributed by atoms with Gasteiger partial charge in [-0.3, -0.25) is 9.59 Å². The molecule has 0 atom stereocenters. The van der Waals surface area contributed by atoms with Crippen molar-refractivity contribution in [3.05, 3.63) is 42.0 Å². The highest BCUT2D eigenvalue weighted by Gasteiger charge is 2.18. The first kappa shape index (κ1) is 22.4. The van der Waals surface area contributed by atoms with E-state index in [4.69, 9.17) is 14.2 Å². The second kappa shape index (κ2) is 10.6. The van der Waals surface area contributed by atoms with E-state index in [0.29, 0.717) is 22.8 Å². The number of thioether (sulfide) groups is 1. The summed E-state index contributed by atoms with van der Waals surface area (Å²) in [6.45, 7) is -0.0496. The van der Waals surface area contributed by atoms with Gasteiger partial charge in [0.1, 0.15) is 0 Å². The van der Waals surface area contributed by atoms with Gasteiger partial charge in [0.2, 0.25) is 17.6 Å². The smallest absolute Gasteiger partial charge is 0.244 e. The lowest BCUT2D eigenvalue weighted by molar-refractivity contribution is -0.132. The van der Waals surface area contributed by atoms with Crippen molar-refractivity contribution in [3.8, 4) is 17.2 Å². The number of likely N-dealkylation sites (N-methyl/N-ethyl adjacent to an activating group) is 1. The van der Waals surface area contributed by atoms with Gasteiger partial charge >= 0.3 is 0 Å². The first-order valence-electron chi connectivity index (χ1n) is 8.89. The molecule has 0 bridgehead atoms. The van der Waals surface area contributed by atoms with E-state index in [9.17, 15) is 9.59 Å². The molecule has 2 aromatic rings. The SMILES string of the molecule is COc1cc(CC(=O)N(C)CC(=O)Nc2ccccc2SC)cc(OC)c1OC. The minimum atomic E-state index is -0.257. The molecule has 0 aliphatic carbocycles. The minimum absolute atomic E-state index is 0.0496. The number of hydrogen-bond donors (Lipinski definition) is 1. The number of amides is 2. The fourth-order valence-corrected chi connectivity index (χ4v) is 3.34. The first-order valence-corrected chi connectivity index (χ1v) is 10.1. The van der Waals surface area contributed by atoms with Gasteiger partial charge in [-0.1, -0.05) is 12.1 Å². The Hall–Kier alpha value is -2.87. The van der Waals surface area contributed by atoms with E-state index >= 15 is 0 Å². The molecule has 2 aromatic carbocycles. The van der Waals surface area contributed by atoms with Crippen molar-refractivity contribution in [1.29, 1.82) is 0 Å². The summed E-state index contributed by atoms with van der Waals surface area (Å²) < 4.78 is 15.9. The number of ether oxygens (including phenoxy) is 3. The lowest BCUT2D eigenvalue weighted by atomic mass is 10.1. The van der Waals surface area contributed by atoms with Crippen molar-refractivity contribution in [3.63, 3.8) is 0 Å². The summed E-state index contributed by atoms with van der Waals surface area (Å²) in [7, 11) is 6.16. The Kier molecular flexibility index (Phi) is 8.21. The Morgan fingerprint density at radius 3 is 2.21 bits per heavy atom. The molecule has 0 aliphatic heterocycles. The molecule has 29 heavy (non-hydrogen) atoms. The highest BCUT2D eigenvalue weighted by Crippen LogP contribution is 2.38. The predicted octanol–water partition coefficient (Wildman–Crippen LogP) is 3.07. The van der Waals surface area contributed by atoms with Crippen molar-refractivity contribution >= 4 is 29.3 Å². The van der Waals surface area contributed by atoms with Gasteiger partial charge in [0.25, 0.3) is 0 Å². The minimum Gasteiger partial charge on any atom is -0.493 e. The topological polar surface area (TPSA) is 77.1 Å². The van der Waals surface area contributed by atoms with E-state index < -0.39 is 0 Å². The fraction of sp³-hybridized carbons (Fsp3) is 0.333. The van der Waals surface area contributed by atoms with Gasteiger partial charge in [-0.2, -0.15) is 0 Å². The Morgan fingerprint density at radius 2 is 1.66 bits per heavy atom. The van der Waals surface area contributed by atoms with Gasteiger partial charge in [0, 0.05) is 11.9 Å². The largest absolute Gasteiger partial charge is 0.493 e. The molecule has 156 valence electrons. The zero-order valence-electron chi connectivity index (χ0n) is 17.3. The van der Waals surface area contributed by atoms with Crippen LogP contribution in [0.1, 0.15) is 5.56 Å². The Morgan fingerprint density at radius 1 is 1.03 bits per heavy atom. The maximum absolute atomic E-state index is 12.6. The summed E-state index contributed by atoms with van der Waals surface area (Å²) in [6.07, 6.45) is 2.04. The number of benzene rings is 2. The number of para-hydroxylation sites is 1. The van der Waals surface area contributed by atoms with Crippen molar-refractivity contribution in [2.75, 3.05) is 46.5 Å². The number of nitrogens with zero attached hydrogens (tertiary/aromatic N) is 1. The number of hydrogen-bond acceptors (Lipinski definition) is 6. The number of carbonyl (C=O) groups is 2. The van der Waals surface area contributed by atoms with Crippen LogP contribution >= 0.6 is 11.8 Å². The fourth-order valence-electron chi connectivity index (χ4n) is 2.79. The molecule has 0 saturated carbocycles. The van der Waals surface area contributed by atoms with E-state index in [-0.39, 0.29) is 24.8 Å². The monoisotopic (exact) mass is 418 g/mol. The van der Waals surface area contributed by atoms with Gasteiger partial charge < -0.3 is 24.4 Å². The van der Waals surface area contributed by atoms with Gasteiger partial charge in [0.15, 0.2) is 11.5 Å². The molecule has 0 fully saturated rings. The third-order valence-electron chi connectivity index (χ3n) is 4.27. The zero-order chi connectivity index (χ0) is 21.4. The molecule has 0 saturated heterocycles. The first-order chi connectivity index (χ1) is 13.9. The lowest BCUT2D eigenvalue weighted by Crippen LogP contribution is -2.35. The van der Waals surface area contributed by atoms with Crippen molar-refractivity contribution in [1.82, 2.24) is 4.90 Å². The number of carbonyl (C=O) groups excluding carboxylic acids is 2. The second-order valence-corrected chi connectivity index (χ2v) is 7.06. The second-order valence-electron chi connectivity index (χ2n) is 6.21. The van der Waals surface area contributed by atoms with E-state index in [1.54, 1.807) is 30.9 Å². The Balaban J connectivity index is 2.04.